The van der Waals surface area contributed by atoms with Gasteiger partial charge in [0, 0.05) is 19.4 Å². The molecule has 0 aliphatic rings. The molecule has 3 aromatic heterocycles. The Morgan fingerprint density at radius 2 is 2.13 bits per heavy atom. The Labute approximate surface area is 131 Å². The van der Waals surface area contributed by atoms with Crippen molar-refractivity contribution in [2.24, 2.45) is 7.05 Å². The topological polar surface area (TPSA) is 106 Å². The van der Waals surface area contributed by atoms with Crippen molar-refractivity contribution in [2.45, 2.75) is 19.8 Å². The summed E-state index contributed by atoms with van der Waals surface area (Å²) in [5.74, 6) is -0.171. The second-order valence-corrected chi connectivity index (χ2v) is 5.51. The Morgan fingerprint density at radius 1 is 1.35 bits per heavy atom. The van der Waals surface area contributed by atoms with Gasteiger partial charge in [0.1, 0.15) is 0 Å². The summed E-state index contributed by atoms with van der Waals surface area (Å²) in [5.41, 5.74) is 1.26. The molecule has 2 N–H and O–H groups in total. The highest BCUT2D eigenvalue weighted by atomic mass is 16.2. The molecule has 0 atom stereocenters. The normalized spacial score (nSPS) is 11.1. The van der Waals surface area contributed by atoms with E-state index in [1.807, 2.05) is 13.8 Å². The van der Waals surface area contributed by atoms with Gasteiger partial charge in [-0.15, -0.1) is 0 Å². The molecule has 0 fully saturated rings. The molecule has 0 aliphatic carbocycles. The van der Waals surface area contributed by atoms with Gasteiger partial charge in [-0.25, -0.2) is 9.97 Å². The maximum absolute atomic E-state index is 12.2. The van der Waals surface area contributed by atoms with E-state index in [1.54, 1.807) is 19.3 Å². The number of rotatable bonds is 3. The summed E-state index contributed by atoms with van der Waals surface area (Å²) in [5, 5.41) is 7.05. The van der Waals surface area contributed by atoms with Crippen molar-refractivity contribution in [2.75, 3.05) is 5.32 Å². The summed E-state index contributed by atoms with van der Waals surface area (Å²) >= 11 is 0. The van der Waals surface area contributed by atoms with Gasteiger partial charge in [-0.05, 0) is 12.0 Å². The molecule has 8 heteroatoms. The SMILES string of the molecule is CC(C)c1nc(NC(=O)c2cnn(C)c2)nc2cc[nH]c(=O)c12. The van der Waals surface area contributed by atoms with Crippen LogP contribution >= 0.6 is 0 Å². The fourth-order valence-electron chi connectivity index (χ4n) is 2.30. The maximum Gasteiger partial charge on any atom is 0.261 e. The average Bonchev–Trinajstić information content (AvgIpc) is 2.93. The number of H-pyrrole nitrogens is 1. The molecule has 0 saturated heterocycles. The molecule has 1 amide bonds. The number of nitrogens with one attached hydrogen (secondary N) is 2. The van der Waals surface area contributed by atoms with Gasteiger partial charge in [-0.1, -0.05) is 13.8 Å². The molecule has 0 bridgehead atoms. The molecule has 23 heavy (non-hydrogen) atoms. The highest BCUT2D eigenvalue weighted by molar-refractivity contribution is 6.03. The molecule has 0 aliphatic heterocycles. The predicted molar refractivity (Wildman–Crippen MR) is 85.4 cm³/mol. The second-order valence-electron chi connectivity index (χ2n) is 5.51. The molecule has 3 heterocycles. The number of aromatic nitrogens is 5. The number of hydrogen-bond donors (Lipinski definition) is 2. The molecule has 0 aromatic carbocycles. The van der Waals surface area contributed by atoms with Crippen LogP contribution in [0.1, 0.15) is 35.8 Å². The van der Waals surface area contributed by atoms with E-state index < -0.39 is 0 Å². The number of pyridine rings is 1. The van der Waals surface area contributed by atoms with Crippen LogP contribution in [0.25, 0.3) is 10.9 Å². The van der Waals surface area contributed by atoms with Crippen molar-refractivity contribution in [1.29, 1.82) is 0 Å². The molecule has 0 saturated carbocycles. The molecule has 118 valence electrons. The number of aromatic amines is 1. The van der Waals surface area contributed by atoms with E-state index in [2.05, 4.69) is 25.4 Å². The predicted octanol–water partition coefficient (Wildman–Crippen LogP) is 1.43. The summed E-state index contributed by atoms with van der Waals surface area (Å²) in [6, 6.07) is 1.68. The number of carbonyl (C=O) groups is 1. The van der Waals surface area contributed by atoms with Crippen LogP contribution in [0.4, 0.5) is 5.95 Å². The van der Waals surface area contributed by atoms with Crippen LogP contribution in [-0.4, -0.2) is 30.6 Å². The van der Waals surface area contributed by atoms with Gasteiger partial charge in [0.05, 0.1) is 28.4 Å². The van der Waals surface area contributed by atoms with Crippen molar-refractivity contribution < 1.29 is 4.79 Å². The van der Waals surface area contributed by atoms with Gasteiger partial charge >= 0.3 is 0 Å². The Kier molecular flexibility index (Phi) is 3.65. The highest BCUT2D eigenvalue weighted by Crippen LogP contribution is 2.21. The first-order chi connectivity index (χ1) is 11.0. The van der Waals surface area contributed by atoms with Gasteiger partial charge in [-0.2, -0.15) is 5.10 Å². The number of aryl methyl sites for hydroxylation is 1. The molecule has 3 aromatic rings. The lowest BCUT2D eigenvalue weighted by Gasteiger charge is -2.10. The van der Waals surface area contributed by atoms with Crippen LogP contribution in [0.2, 0.25) is 0 Å². The van der Waals surface area contributed by atoms with Crippen LogP contribution in [-0.2, 0) is 7.05 Å². The molecule has 0 unspecified atom stereocenters. The zero-order chi connectivity index (χ0) is 16.6. The summed E-state index contributed by atoms with van der Waals surface area (Å²) in [6.45, 7) is 3.86. The maximum atomic E-state index is 12.2. The van der Waals surface area contributed by atoms with E-state index in [0.717, 1.165) is 0 Å². The largest absolute Gasteiger partial charge is 0.328 e. The minimum atomic E-state index is -0.350. The quantitative estimate of drug-likeness (QED) is 0.761. The van der Waals surface area contributed by atoms with Crippen LogP contribution in [0.3, 0.4) is 0 Å². The van der Waals surface area contributed by atoms with Crippen molar-refractivity contribution in [3.05, 3.63) is 46.3 Å². The number of carbonyl (C=O) groups excluding carboxylic acids is 1. The van der Waals surface area contributed by atoms with Gasteiger partial charge in [0.25, 0.3) is 11.5 Å². The third kappa shape index (κ3) is 2.83. The van der Waals surface area contributed by atoms with E-state index in [1.165, 1.54) is 17.1 Å². The van der Waals surface area contributed by atoms with Crippen molar-refractivity contribution in [3.8, 4) is 0 Å². The minimum absolute atomic E-state index is 0.0121. The number of fused-ring (bicyclic) bond motifs is 1. The molecule has 0 radical (unpaired) electrons. The Hall–Kier alpha value is -3.03. The molecular weight excluding hydrogens is 296 g/mol. The lowest BCUT2D eigenvalue weighted by atomic mass is 10.1. The van der Waals surface area contributed by atoms with Crippen molar-refractivity contribution in [1.82, 2.24) is 24.7 Å². The lowest BCUT2D eigenvalue weighted by Crippen LogP contribution is -2.17. The number of anilines is 1. The first-order valence-electron chi connectivity index (χ1n) is 7.15. The fourth-order valence-corrected chi connectivity index (χ4v) is 2.30. The third-order valence-corrected chi connectivity index (χ3v) is 3.39. The number of nitrogens with zero attached hydrogens (tertiary/aromatic N) is 4. The summed E-state index contributed by atoms with van der Waals surface area (Å²) in [7, 11) is 1.73. The molecule has 8 nitrogen and oxygen atoms in total. The van der Waals surface area contributed by atoms with Crippen LogP contribution in [0.5, 0.6) is 0 Å². The Morgan fingerprint density at radius 3 is 2.78 bits per heavy atom. The van der Waals surface area contributed by atoms with Crippen LogP contribution in [0, 0.1) is 0 Å². The smallest absolute Gasteiger partial charge is 0.261 e. The summed E-state index contributed by atoms with van der Waals surface area (Å²) in [6.07, 6.45) is 4.59. The minimum Gasteiger partial charge on any atom is -0.328 e. The average molecular weight is 312 g/mol. The lowest BCUT2D eigenvalue weighted by molar-refractivity contribution is 0.102. The molecule has 3 rings (SSSR count). The van der Waals surface area contributed by atoms with E-state index in [4.69, 9.17) is 0 Å². The van der Waals surface area contributed by atoms with E-state index in [-0.39, 0.29) is 23.3 Å². The summed E-state index contributed by atoms with van der Waals surface area (Å²) < 4.78 is 1.54. The Bertz CT molecular complexity index is 941. The molecular formula is C15H16N6O2. The first-order valence-corrected chi connectivity index (χ1v) is 7.15. The zero-order valence-corrected chi connectivity index (χ0v) is 13.0. The molecule has 0 spiro atoms. The third-order valence-electron chi connectivity index (χ3n) is 3.39. The van der Waals surface area contributed by atoms with Crippen molar-refractivity contribution in [3.63, 3.8) is 0 Å². The van der Waals surface area contributed by atoms with E-state index in [0.29, 0.717) is 22.2 Å². The Balaban J connectivity index is 2.05. The second kappa shape index (κ2) is 5.64. The van der Waals surface area contributed by atoms with Gasteiger partial charge in [0.2, 0.25) is 5.95 Å². The number of amides is 1. The van der Waals surface area contributed by atoms with E-state index >= 15 is 0 Å². The van der Waals surface area contributed by atoms with Gasteiger partial charge in [-0.3, -0.25) is 19.6 Å². The standard InChI is InChI=1S/C15H16N6O2/c1-8(2)12-11-10(4-5-16-14(11)23)18-15(19-12)20-13(22)9-6-17-21(3)7-9/h4-8H,1-3H3,(H,16,23)(H,18,19,20,22). The van der Waals surface area contributed by atoms with Gasteiger partial charge < -0.3 is 4.98 Å². The highest BCUT2D eigenvalue weighted by Gasteiger charge is 2.16. The fraction of sp³-hybridized carbons (Fsp3) is 0.267. The van der Waals surface area contributed by atoms with E-state index in [9.17, 15) is 9.59 Å². The van der Waals surface area contributed by atoms with Crippen molar-refractivity contribution >= 4 is 22.8 Å². The monoisotopic (exact) mass is 312 g/mol. The number of hydrogen-bond acceptors (Lipinski definition) is 5. The van der Waals surface area contributed by atoms with Gasteiger partial charge in [0.15, 0.2) is 0 Å². The van der Waals surface area contributed by atoms with Crippen LogP contribution in [0.15, 0.2) is 29.5 Å². The zero-order valence-electron chi connectivity index (χ0n) is 13.0. The first kappa shape index (κ1) is 14.9. The summed E-state index contributed by atoms with van der Waals surface area (Å²) in [4.78, 5) is 35.5. The van der Waals surface area contributed by atoms with Crippen LogP contribution < -0.4 is 10.9 Å².